The van der Waals surface area contributed by atoms with Gasteiger partial charge in [0.2, 0.25) is 0 Å². The molecule has 1 aromatic carbocycles. The van der Waals surface area contributed by atoms with Crippen LogP contribution in [-0.4, -0.2) is 27.6 Å². The van der Waals surface area contributed by atoms with Gasteiger partial charge in [0.05, 0.1) is 12.4 Å². The molecule has 0 radical (unpaired) electrons. The number of rotatable bonds is 6. The molecule has 8 heteroatoms. The van der Waals surface area contributed by atoms with Gasteiger partial charge >= 0.3 is 0 Å². The zero-order chi connectivity index (χ0) is 17.6. The average Bonchev–Trinajstić information content (AvgIpc) is 3.00. The predicted molar refractivity (Wildman–Crippen MR) is 94.9 cm³/mol. The van der Waals surface area contributed by atoms with Crippen molar-refractivity contribution in [3.8, 4) is 0 Å². The molecule has 128 valence electrons. The lowest BCUT2D eigenvalue weighted by Crippen LogP contribution is -2.15. The van der Waals surface area contributed by atoms with Crippen LogP contribution in [-0.2, 0) is 6.42 Å². The van der Waals surface area contributed by atoms with E-state index in [4.69, 9.17) is 16.1 Å². The van der Waals surface area contributed by atoms with Crippen molar-refractivity contribution in [3.05, 3.63) is 64.8 Å². The van der Waals surface area contributed by atoms with Gasteiger partial charge in [-0.2, -0.15) is 0 Å². The lowest BCUT2D eigenvalue weighted by atomic mass is 10.1. The quantitative estimate of drug-likeness (QED) is 0.702. The molecule has 1 amide bonds. The van der Waals surface area contributed by atoms with E-state index in [2.05, 4.69) is 25.8 Å². The van der Waals surface area contributed by atoms with Gasteiger partial charge in [0, 0.05) is 17.6 Å². The van der Waals surface area contributed by atoms with Gasteiger partial charge < -0.3 is 15.2 Å². The highest BCUT2D eigenvalue weighted by molar-refractivity contribution is 6.30. The van der Waals surface area contributed by atoms with Crippen LogP contribution in [0.3, 0.4) is 0 Å². The van der Waals surface area contributed by atoms with Crippen molar-refractivity contribution in [2.24, 2.45) is 0 Å². The number of carbonyl (C=O) groups excluding carboxylic acids is 1. The lowest BCUT2D eigenvalue weighted by Gasteiger charge is -2.06. The van der Waals surface area contributed by atoms with Gasteiger partial charge in [0.25, 0.3) is 5.91 Å². The molecule has 2 aromatic heterocycles. The van der Waals surface area contributed by atoms with Gasteiger partial charge in [-0.1, -0.05) is 28.9 Å². The fraction of sp³-hybridized carbons (Fsp3) is 0.176. The van der Waals surface area contributed by atoms with Crippen molar-refractivity contribution in [1.82, 2.24) is 15.1 Å². The summed E-state index contributed by atoms with van der Waals surface area (Å²) >= 11 is 5.96. The lowest BCUT2D eigenvalue weighted by molar-refractivity contribution is 0.102. The normalized spacial score (nSPS) is 10.5. The van der Waals surface area contributed by atoms with Crippen LogP contribution in [0.2, 0.25) is 5.02 Å². The predicted octanol–water partition coefficient (Wildman–Crippen LogP) is 3.33. The van der Waals surface area contributed by atoms with Gasteiger partial charge in [-0.05, 0) is 31.0 Å². The van der Waals surface area contributed by atoms with E-state index in [-0.39, 0.29) is 5.69 Å². The van der Waals surface area contributed by atoms with Crippen molar-refractivity contribution in [3.63, 3.8) is 0 Å². The minimum absolute atomic E-state index is 0.195. The Hall–Kier alpha value is -2.93. The first kappa shape index (κ1) is 16.9. The van der Waals surface area contributed by atoms with Crippen LogP contribution < -0.4 is 10.6 Å². The van der Waals surface area contributed by atoms with Crippen LogP contribution in [0.5, 0.6) is 0 Å². The smallest absolute Gasteiger partial charge is 0.277 e. The number of carbonyl (C=O) groups is 1. The largest absolute Gasteiger partial charge is 0.368 e. The van der Waals surface area contributed by atoms with Crippen LogP contribution in [0.1, 0.15) is 21.8 Å². The molecule has 3 rings (SSSR count). The number of benzene rings is 1. The summed E-state index contributed by atoms with van der Waals surface area (Å²) in [4.78, 5) is 20.3. The first-order valence-corrected chi connectivity index (χ1v) is 8.03. The van der Waals surface area contributed by atoms with Crippen LogP contribution in [0.25, 0.3) is 0 Å². The molecule has 0 aliphatic heterocycles. The number of anilines is 2. The van der Waals surface area contributed by atoms with Crippen molar-refractivity contribution in [1.29, 1.82) is 0 Å². The molecular formula is C17H16ClN5O2. The Morgan fingerprint density at radius 3 is 2.76 bits per heavy atom. The van der Waals surface area contributed by atoms with E-state index < -0.39 is 5.91 Å². The molecule has 3 aromatic rings. The highest BCUT2D eigenvalue weighted by Crippen LogP contribution is 2.12. The van der Waals surface area contributed by atoms with Gasteiger partial charge in [-0.15, -0.1) is 0 Å². The maximum atomic E-state index is 12.0. The second-order valence-corrected chi connectivity index (χ2v) is 5.81. The Labute approximate surface area is 149 Å². The van der Waals surface area contributed by atoms with Crippen LogP contribution in [0.15, 0.2) is 47.2 Å². The highest BCUT2D eigenvalue weighted by Gasteiger charge is 2.10. The molecular weight excluding hydrogens is 342 g/mol. The van der Waals surface area contributed by atoms with E-state index in [0.717, 1.165) is 17.0 Å². The Balaban J connectivity index is 1.52. The number of nitrogens with zero attached hydrogens (tertiary/aromatic N) is 3. The Kier molecular flexibility index (Phi) is 5.25. The molecule has 0 aliphatic rings. The minimum atomic E-state index is -0.397. The maximum Gasteiger partial charge on any atom is 0.277 e. The molecule has 25 heavy (non-hydrogen) atoms. The minimum Gasteiger partial charge on any atom is -0.368 e. The van der Waals surface area contributed by atoms with Crippen molar-refractivity contribution >= 4 is 29.1 Å². The van der Waals surface area contributed by atoms with Crippen molar-refractivity contribution in [2.45, 2.75) is 13.3 Å². The van der Waals surface area contributed by atoms with Crippen LogP contribution >= 0.6 is 11.6 Å². The summed E-state index contributed by atoms with van der Waals surface area (Å²) in [6.45, 7) is 2.42. The monoisotopic (exact) mass is 357 g/mol. The molecule has 7 nitrogen and oxygen atoms in total. The van der Waals surface area contributed by atoms with Gasteiger partial charge in [0.1, 0.15) is 17.3 Å². The zero-order valence-electron chi connectivity index (χ0n) is 13.5. The molecule has 0 saturated carbocycles. The number of nitrogens with one attached hydrogen (secondary N) is 2. The standard InChI is InChI=1S/C17H16ClN5O2/c1-11-7-15(23-25-11)22-17(24)14-9-21-16(10-20-14)19-6-5-12-3-2-4-13(18)8-12/h2-4,7-10H,5-6H2,1H3,(H,19,21)(H,22,23,24). The second kappa shape index (κ2) is 7.76. The summed E-state index contributed by atoms with van der Waals surface area (Å²) in [5, 5.41) is 10.2. The molecule has 2 N–H and O–H groups in total. The molecule has 0 spiro atoms. The first-order valence-electron chi connectivity index (χ1n) is 7.65. The number of aromatic nitrogens is 3. The number of hydrogen-bond donors (Lipinski definition) is 2. The Morgan fingerprint density at radius 1 is 1.20 bits per heavy atom. The SMILES string of the molecule is Cc1cc(NC(=O)c2cnc(NCCc3cccc(Cl)c3)cn2)no1. The van der Waals surface area contributed by atoms with E-state index >= 15 is 0 Å². The third kappa shape index (κ3) is 4.77. The fourth-order valence-corrected chi connectivity index (χ4v) is 2.38. The van der Waals surface area contributed by atoms with E-state index in [1.165, 1.54) is 12.4 Å². The summed E-state index contributed by atoms with van der Waals surface area (Å²) in [5.74, 6) is 1.15. The summed E-state index contributed by atoms with van der Waals surface area (Å²) in [7, 11) is 0. The molecule has 2 heterocycles. The summed E-state index contributed by atoms with van der Waals surface area (Å²) in [6.07, 6.45) is 3.72. The fourth-order valence-electron chi connectivity index (χ4n) is 2.17. The summed E-state index contributed by atoms with van der Waals surface area (Å²) < 4.78 is 4.89. The van der Waals surface area contributed by atoms with E-state index in [1.54, 1.807) is 13.0 Å². The third-order valence-electron chi connectivity index (χ3n) is 3.36. The highest BCUT2D eigenvalue weighted by atomic mass is 35.5. The maximum absolute atomic E-state index is 12.0. The van der Waals surface area contributed by atoms with Gasteiger partial charge in [-0.3, -0.25) is 4.79 Å². The average molecular weight is 358 g/mol. The summed E-state index contributed by atoms with van der Waals surface area (Å²) in [6, 6.07) is 9.32. The molecule has 0 saturated heterocycles. The van der Waals surface area contributed by atoms with Gasteiger partial charge in [0.15, 0.2) is 5.82 Å². The number of halogens is 1. The molecule has 0 bridgehead atoms. The molecule has 0 aliphatic carbocycles. The number of hydrogen-bond acceptors (Lipinski definition) is 6. The Morgan fingerprint density at radius 2 is 2.08 bits per heavy atom. The van der Waals surface area contributed by atoms with Crippen molar-refractivity contribution in [2.75, 3.05) is 17.2 Å². The zero-order valence-corrected chi connectivity index (χ0v) is 14.2. The number of amides is 1. The first-order chi connectivity index (χ1) is 12.1. The van der Waals surface area contributed by atoms with E-state index in [0.29, 0.717) is 23.9 Å². The molecule has 0 unspecified atom stereocenters. The summed E-state index contributed by atoms with van der Waals surface area (Å²) in [5.41, 5.74) is 1.33. The van der Waals surface area contributed by atoms with Crippen molar-refractivity contribution < 1.29 is 9.32 Å². The Bertz CT molecular complexity index is 863. The van der Waals surface area contributed by atoms with Crippen LogP contribution in [0.4, 0.5) is 11.6 Å². The van der Waals surface area contributed by atoms with E-state index in [1.807, 2.05) is 24.3 Å². The third-order valence-corrected chi connectivity index (χ3v) is 3.60. The number of aryl methyl sites for hydroxylation is 1. The van der Waals surface area contributed by atoms with E-state index in [9.17, 15) is 4.79 Å². The topological polar surface area (TPSA) is 92.9 Å². The van der Waals surface area contributed by atoms with Crippen LogP contribution in [0, 0.1) is 6.92 Å². The van der Waals surface area contributed by atoms with Gasteiger partial charge in [-0.25, -0.2) is 9.97 Å². The second-order valence-electron chi connectivity index (χ2n) is 5.37. The molecule has 0 fully saturated rings. The molecule has 0 atom stereocenters.